The van der Waals surface area contributed by atoms with Gasteiger partial charge >= 0.3 is 0 Å². The molecule has 0 unspecified atom stereocenters. The van der Waals surface area contributed by atoms with E-state index < -0.39 is 0 Å². The van der Waals surface area contributed by atoms with Gasteiger partial charge in [-0.1, -0.05) is 38.3 Å². The van der Waals surface area contributed by atoms with Crippen molar-refractivity contribution in [1.29, 1.82) is 0 Å². The summed E-state index contributed by atoms with van der Waals surface area (Å²) in [5.41, 5.74) is 6.73. The van der Waals surface area contributed by atoms with Gasteiger partial charge in [-0.05, 0) is 13.3 Å². The lowest BCUT2D eigenvalue weighted by molar-refractivity contribution is 0.161. The number of unbranched alkanes of at least 4 members (excludes halogenated alkanes) is 3. The summed E-state index contributed by atoms with van der Waals surface area (Å²) in [6.45, 7) is 10.6. The number of aliphatic imine (C=N–C) groups is 1. The molecule has 0 aliphatic heterocycles. The number of nitrogens with one attached hydrogen (secondary N) is 1. The summed E-state index contributed by atoms with van der Waals surface area (Å²) >= 11 is 0. The first-order valence-electron chi connectivity index (χ1n) is 6.42. The Kier molecular flexibility index (Phi) is 10.8. The number of guanidine groups is 1. The smallest absolute Gasteiger partial charge is 0.188 e. The Morgan fingerprint density at radius 1 is 1.35 bits per heavy atom. The number of nitrogens with zero attached hydrogens (tertiary/aromatic N) is 1. The van der Waals surface area contributed by atoms with Crippen LogP contribution in [0.25, 0.3) is 0 Å². The highest BCUT2D eigenvalue weighted by Gasteiger charge is 1.92. The van der Waals surface area contributed by atoms with E-state index in [1.54, 1.807) is 0 Å². The van der Waals surface area contributed by atoms with Crippen molar-refractivity contribution in [3.05, 3.63) is 12.2 Å². The van der Waals surface area contributed by atoms with Crippen LogP contribution in [-0.4, -0.2) is 32.3 Å². The Hall–Kier alpha value is -1.03. The maximum Gasteiger partial charge on any atom is 0.188 e. The highest BCUT2D eigenvalue weighted by atomic mass is 16.5. The molecule has 0 aliphatic carbocycles. The van der Waals surface area contributed by atoms with Crippen molar-refractivity contribution in [3.8, 4) is 0 Å². The molecule has 3 N–H and O–H groups in total. The molecule has 0 aromatic carbocycles. The second-order valence-corrected chi connectivity index (χ2v) is 4.26. The van der Waals surface area contributed by atoms with Crippen molar-refractivity contribution >= 4 is 5.96 Å². The van der Waals surface area contributed by atoms with E-state index in [1.807, 2.05) is 6.92 Å². The van der Waals surface area contributed by atoms with Gasteiger partial charge in [0.25, 0.3) is 0 Å². The van der Waals surface area contributed by atoms with Crippen molar-refractivity contribution < 1.29 is 4.74 Å². The first-order chi connectivity index (χ1) is 8.16. The summed E-state index contributed by atoms with van der Waals surface area (Å²) in [5.74, 6) is 0.514. The van der Waals surface area contributed by atoms with E-state index in [9.17, 15) is 0 Å². The van der Waals surface area contributed by atoms with Crippen LogP contribution in [0.3, 0.4) is 0 Å². The molecule has 0 bridgehead atoms. The number of ether oxygens (including phenoxy) is 1. The van der Waals surface area contributed by atoms with Crippen molar-refractivity contribution in [2.24, 2.45) is 10.7 Å². The molecule has 0 aromatic rings. The molecule has 0 rings (SSSR count). The first-order valence-corrected chi connectivity index (χ1v) is 6.42. The minimum atomic E-state index is 0.514. The third-order valence-electron chi connectivity index (χ3n) is 2.19. The van der Waals surface area contributed by atoms with Crippen molar-refractivity contribution in [3.63, 3.8) is 0 Å². The molecule has 100 valence electrons. The summed E-state index contributed by atoms with van der Waals surface area (Å²) < 4.78 is 5.33. The predicted octanol–water partition coefficient (Wildman–Crippen LogP) is 2.06. The van der Waals surface area contributed by atoms with Gasteiger partial charge in [-0.15, -0.1) is 0 Å². The van der Waals surface area contributed by atoms with Crippen LogP contribution >= 0.6 is 0 Å². The minimum Gasteiger partial charge on any atom is -0.375 e. The van der Waals surface area contributed by atoms with E-state index in [0.717, 1.165) is 18.5 Å². The average Bonchev–Trinajstić information content (AvgIpc) is 2.28. The summed E-state index contributed by atoms with van der Waals surface area (Å²) in [6.07, 6.45) is 4.87. The molecule has 0 aromatic heterocycles. The molecule has 17 heavy (non-hydrogen) atoms. The van der Waals surface area contributed by atoms with Gasteiger partial charge in [0.05, 0.1) is 13.2 Å². The zero-order chi connectivity index (χ0) is 12.9. The summed E-state index contributed by atoms with van der Waals surface area (Å²) in [7, 11) is 0. The third kappa shape index (κ3) is 12.9. The van der Waals surface area contributed by atoms with E-state index in [-0.39, 0.29) is 0 Å². The lowest BCUT2D eigenvalue weighted by atomic mass is 10.2. The normalized spacial score (nSPS) is 11.5. The van der Waals surface area contributed by atoms with Crippen LogP contribution in [0.4, 0.5) is 0 Å². The number of rotatable bonds is 10. The van der Waals surface area contributed by atoms with Gasteiger partial charge in [0.15, 0.2) is 5.96 Å². The fourth-order valence-corrected chi connectivity index (χ4v) is 1.29. The number of nitrogens with two attached hydrogens (primary N) is 1. The Morgan fingerprint density at radius 3 is 2.76 bits per heavy atom. The van der Waals surface area contributed by atoms with E-state index in [4.69, 9.17) is 10.5 Å². The molecule has 0 saturated carbocycles. The topological polar surface area (TPSA) is 59.6 Å². The van der Waals surface area contributed by atoms with Crippen LogP contribution in [0, 0.1) is 0 Å². The molecule has 0 saturated heterocycles. The minimum absolute atomic E-state index is 0.514. The number of hydrogen-bond acceptors (Lipinski definition) is 2. The maximum atomic E-state index is 5.70. The molecule has 0 amide bonds. The monoisotopic (exact) mass is 241 g/mol. The molecule has 4 heteroatoms. The highest BCUT2D eigenvalue weighted by molar-refractivity contribution is 5.77. The SMILES string of the molecule is C=C(C)COCCNC(N)=NCCCCCC. The Bertz CT molecular complexity index is 227. The van der Waals surface area contributed by atoms with Crippen LogP contribution in [-0.2, 0) is 4.74 Å². The predicted molar refractivity (Wildman–Crippen MR) is 74.3 cm³/mol. The second-order valence-electron chi connectivity index (χ2n) is 4.26. The van der Waals surface area contributed by atoms with Gasteiger partial charge in [-0.2, -0.15) is 0 Å². The zero-order valence-corrected chi connectivity index (χ0v) is 11.3. The van der Waals surface area contributed by atoms with Gasteiger partial charge in [0, 0.05) is 13.1 Å². The fraction of sp³-hybridized carbons (Fsp3) is 0.769. The van der Waals surface area contributed by atoms with E-state index in [1.165, 1.54) is 19.3 Å². The zero-order valence-electron chi connectivity index (χ0n) is 11.3. The summed E-state index contributed by atoms with van der Waals surface area (Å²) in [6, 6.07) is 0. The molecular weight excluding hydrogens is 214 g/mol. The van der Waals surface area contributed by atoms with Crippen molar-refractivity contribution in [2.75, 3.05) is 26.3 Å². The maximum absolute atomic E-state index is 5.70. The van der Waals surface area contributed by atoms with Crippen molar-refractivity contribution in [1.82, 2.24) is 5.32 Å². The molecular formula is C13H27N3O. The Morgan fingerprint density at radius 2 is 2.12 bits per heavy atom. The molecule has 4 nitrogen and oxygen atoms in total. The Labute approximate surface area is 105 Å². The van der Waals surface area contributed by atoms with E-state index >= 15 is 0 Å². The van der Waals surface area contributed by atoms with Crippen LogP contribution < -0.4 is 11.1 Å². The van der Waals surface area contributed by atoms with Crippen LogP contribution in [0.1, 0.15) is 39.5 Å². The van der Waals surface area contributed by atoms with Gasteiger partial charge < -0.3 is 15.8 Å². The average molecular weight is 241 g/mol. The largest absolute Gasteiger partial charge is 0.375 e. The van der Waals surface area contributed by atoms with Crippen LogP contribution in [0.5, 0.6) is 0 Å². The van der Waals surface area contributed by atoms with Gasteiger partial charge in [0.2, 0.25) is 0 Å². The molecule has 0 radical (unpaired) electrons. The Balaban J connectivity index is 3.34. The highest BCUT2D eigenvalue weighted by Crippen LogP contribution is 1.98. The van der Waals surface area contributed by atoms with E-state index in [2.05, 4.69) is 23.8 Å². The van der Waals surface area contributed by atoms with Crippen LogP contribution in [0.2, 0.25) is 0 Å². The standard InChI is InChI=1S/C13H27N3O/c1-4-5-6-7-8-15-13(14)16-9-10-17-11-12(2)3/h2,4-11H2,1,3H3,(H3,14,15,16). The quantitative estimate of drug-likeness (QED) is 0.266. The molecule has 0 heterocycles. The molecule has 0 aliphatic rings. The molecule has 0 spiro atoms. The number of hydrogen-bond donors (Lipinski definition) is 2. The van der Waals surface area contributed by atoms with E-state index in [0.29, 0.717) is 25.7 Å². The lowest BCUT2D eigenvalue weighted by Crippen LogP contribution is -2.34. The molecule has 0 fully saturated rings. The molecule has 0 atom stereocenters. The van der Waals surface area contributed by atoms with Gasteiger partial charge in [-0.3, -0.25) is 4.99 Å². The lowest BCUT2D eigenvalue weighted by Gasteiger charge is -2.06. The van der Waals surface area contributed by atoms with Crippen molar-refractivity contribution in [2.45, 2.75) is 39.5 Å². The first kappa shape index (κ1) is 16.0. The fourth-order valence-electron chi connectivity index (χ4n) is 1.29. The van der Waals surface area contributed by atoms with Crippen LogP contribution in [0.15, 0.2) is 17.1 Å². The van der Waals surface area contributed by atoms with Gasteiger partial charge in [0.1, 0.15) is 0 Å². The summed E-state index contributed by atoms with van der Waals surface area (Å²) in [5, 5.41) is 3.02. The second kappa shape index (κ2) is 11.5. The van der Waals surface area contributed by atoms with Gasteiger partial charge in [-0.25, -0.2) is 0 Å². The third-order valence-corrected chi connectivity index (χ3v) is 2.19. The summed E-state index contributed by atoms with van der Waals surface area (Å²) in [4.78, 5) is 4.24.